The Hall–Kier alpha value is -1.06. The largest absolute Gasteiger partial charge is 0.253 e. The Balaban J connectivity index is 2.04. The first kappa shape index (κ1) is 12.4. The van der Waals surface area contributed by atoms with Gasteiger partial charge in [0.2, 0.25) is 0 Å². The van der Waals surface area contributed by atoms with E-state index in [9.17, 15) is 0 Å². The monoisotopic (exact) mass is 269 g/mol. The number of aryl methyl sites for hydroxylation is 3. The van der Waals surface area contributed by atoms with Gasteiger partial charge in [0.1, 0.15) is 0 Å². The minimum absolute atomic E-state index is 0.710. The number of hydrogen-bond acceptors (Lipinski definition) is 2. The first-order chi connectivity index (χ1) is 8.19. The Bertz CT molecular complexity index is 508. The van der Waals surface area contributed by atoms with Crippen LogP contribution in [0.2, 0.25) is 10.0 Å². The van der Waals surface area contributed by atoms with E-state index in [1.165, 1.54) is 0 Å². The summed E-state index contributed by atoms with van der Waals surface area (Å²) in [5, 5.41) is 9.54. The fourth-order valence-electron chi connectivity index (χ4n) is 1.61. The highest BCUT2D eigenvalue weighted by molar-refractivity contribution is 6.33. The maximum atomic E-state index is 6.10. The van der Waals surface area contributed by atoms with Crippen LogP contribution in [0.4, 0.5) is 0 Å². The molecule has 0 N–H and O–H groups in total. The van der Waals surface area contributed by atoms with E-state index in [0.717, 1.165) is 35.7 Å². The van der Waals surface area contributed by atoms with Gasteiger partial charge in [0.25, 0.3) is 0 Å². The minimum atomic E-state index is 0.710. The molecule has 0 unspecified atom stereocenters. The molecule has 0 saturated heterocycles. The number of rotatable bonds is 4. The van der Waals surface area contributed by atoms with Crippen molar-refractivity contribution in [2.45, 2.75) is 26.3 Å². The molecule has 5 heteroatoms. The van der Waals surface area contributed by atoms with Crippen LogP contribution in [0.25, 0.3) is 0 Å². The molecule has 0 aliphatic heterocycles. The summed E-state index contributed by atoms with van der Waals surface area (Å²) < 4.78 is 1.81. The molecule has 0 aliphatic rings. The van der Waals surface area contributed by atoms with Crippen molar-refractivity contribution in [3.63, 3.8) is 0 Å². The van der Waals surface area contributed by atoms with Crippen LogP contribution in [0.5, 0.6) is 0 Å². The second-order valence-corrected chi connectivity index (χ2v) is 4.64. The number of aromatic nitrogens is 3. The van der Waals surface area contributed by atoms with E-state index in [2.05, 4.69) is 10.3 Å². The van der Waals surface area contributed by atoms with E-state index in [1.54, 1.807) is 6.07 Å². The summed E-state index contributed by atoms with van der Waals surface area (Å²) in [6, 6.07) is 5.51. The van der Waals surface area contributed by atoms with Crippen molar-refractivity contribution in [3.05, 3.63) is 45.7 Å². The van der Waals surface area contributed by atoms with Gasteiger partial charge in [0.05, 0.1) is 5.69 Å². The van der Waals surface area contributed by atoms with Crippen LogP contribution in [0.1, 0.15) is 18.2 Å². The third kappa shape index (κ3) is 3.20. The van der Waals surface area contributed by atoms with E-state index in [0.29, 0.717) is 5.02 Å². The molecule has 0 amide bonds. The SMILES string of the molecule is CCn1cc(CCc2cc(Cl)ccc2Cl)nn1. The van der Waals surface area contributed by atoms with Crippen molar-refractivity contribution < 1.29 is 0 Å². The molecule has 0 atom stereocenters. The maximum absolute atomic E-state index is 6.10. The van der Waals surface area contributed by atoms with Crippen LogP contribution in [0, 0.1) is 0 Å². The summed E-state index contributed by atoms with van der Waals surface area (Å²) in [5.74, 6) is 0. The van der Waals surface area contributed by atoms with Crippen LogP contribution in [0.15, 0.2) is 24.4 Å². The minimum Gasteiger partial charge on any atom is -0.253 e. The molecule has 0 spiro atoms. The van der Waals surface area contributed by atoms with E-state index in [4.69, 9.17) is 23.2 Å². The normalized spacial score (nSPS) is 10.8. The lowest BCUT2D eigenvalue weighted by Crippen LogP contribution is -1.93. The summed E-state index contributed by atoms with van der Waals surface area (Å²) in [6.45, 7) is 2.87. The quantitative estimate of drug-likeness (QED) is 0.852. The van der Waals surface area contributed by atoms with E-state index < -0.39 is 0 Å². The molecule has 3 nitrogen and oxygen atoms in total. The molecule has 0 saturated carbocycles. The highest BCUT2D eigenvalue weighted by Gasteiger charge is 2.04. The van der Waals surface area contributed by atoms with Crippen LogP contribution in [0.3, 0.4) is 0 Å². The number of benzene rings is 1. The van der Waals surface area contributed by atoms with Gasteiger partial charge < -0.3 is 0 Å². The predicted octanol–water partition coefficient (Wildman–Crippen LogP) is 3.39. The summed E-state index contributed by atoms with van der Waals surface area (Å²) in [5.41, 5.74) is 2.02. The van der Waals surface area contributed by atoms with Gasteiger partial charge in [0.15, 0.2) is 0 Å². The summed E-state index contributed by atoms with van der Waals surface area (Å²) in [7, 11) is 0. The van der Waals surface area contributed by atoms with Gasteiger partial charge in [-0.1, -0.05) is 28.4 Å². The van der Waals surface area contributed by atoms with E-state index >= 15 is 0 Å². The lowest BCUT2D eigenvalue weighted by Gasteiger charge is -2.03. The fraction of sp³-hybridized carbons (Fsp3) is 0.333. The molecule has 2 aromatic rings. The van der Waals surface area contributed by atoms with Crippen LogP contribution in [-0.4, -0.2) is 15.0 Å². The summed E-state index contributed by atoms with van der Waals surface area (Å²) in [4.78, 5) is 0. The van der Waals surface area contributed by atoms with Crippen molar-refractivity contribution in [2.24, 2.45) is 0 Å². The fourth-order valence-corrected chi connectivity index (χ4v) is 2.01. The molecule has 0 aliphatic carbocycles. The van der Waals surface area contributed by atoms with Gasteiger partial charge in [-0.05, 0) is 43.5 Å². The second-order valence-electron chi connectivity index (χ2n) is 3.80. The highest BCUT2D eigenvalue weighted by Crippen LogP contribution is 2.21. The Labute approximate surface area is 110 Å². The lowest BCUT2D eigenvalue weighted by atomic mass is 10.1. The standard InChI is InChI=1S/C12H13Cl2N3/c1-2-17-8-11(15-16-17)5-3-9-7-10(13)4-6-12(9)14/h4,6-8H,2-3,5H2,1H3. The zero-order chi connectivity index (χ0) is 12.3. The molecule has 0 radical (unpaired) electrons. The van der Waals surface area contributed by atoms with Crippen LogP contribution in [-0.2, 0) is 19.4 Å². The summed E-state index contributed by atoms with van der Waals surface area (Å²) in [6.07, 6.45) is 3.60. The van der Waals surface area contributed by atoms with Gasteiger partial charge in [-0.25, -0.2) is 0 Å². The van der Waals surface area contributed by atoms with Crippen molar-refractivity contribution in [3.8, 4) is 0 Å². The Kier molecular flexibility index (Phi) is 4.02. The molecule has 1 aromatic heterocycles. The topological polar surface area (TPSA) is 30.7 Å². The molecule has 2 rings (SSSR count). The Morgan fingerprint density at radius 3 is 2.76 bits per heavy atom. The second kappa shape index (κ2) is 5.52. The molecule has 1 heterocycles. The van der Waals surface area contributed by atoms with Crippen LogP contribution < -0.4 is 0 Å². The van der Waals surface area contributed by atoms with Gasteiger partial charge in [-0.3, -0.25) is 4.68 Å². The Morgan fingerprint density at radius 1 is 1.24 bits per heavy atom. The third-order valence-electron chi connectivity index (χ3n) is 2.57. The zero-order valence-corrected chi connectivity index (χ0v) is 11.0. The number of nitrogens with zero attached hydrogens (tertiary/aromatic N) is 3. The molecule has 90 valence electrons. The highest BCUT2D eigenvalue weighted by atomic mass is 35.5. The maximum Gasteiger partial charge on any atom is 0.0830 e. The van der Waals surface area contributed by atoms with E-state index in [1.807, 2.05) is 29.9 Å². The van der Waals surface area contributed by atoms with Gasteiger partial charge in [-0.15, -0.1) is 5.10 Å². The van der Waals surface area contributed by atoms with E-state index in [-0.39, 0.29) is 0 Å². The van der Waals surface area contributed by atoms with Gasteiger partial charge >= 0.3 is 0 Å². The predicted molar refractivity (Wildman–Crippen MR) is 69.6 cm³/mol. The van der Waals surface area contributed by atoms with Crippen LogP contribution >= 0.6 is 23.2 Å². The first-order valence-corrected chi connectivity index (χ1v) is 6.27. The molecule has 1 aromatic carbocycles. The van der Waals surface area contributed by atoms with Gasteiger partial charge in [0, 0.05) is 22.8 Å². The average Bonchev–Trinajstić information content (AvgIpc) is 2.78. The molecule has 0 fully saturated rings. The Morgan fingerprint density at radius 2 is 2.06 bits per heavy atom. The number of hydrogen-bond donors (Lipinski definition) is 0. The van der Waals surface area contributed by atoms with Crippen molar-refractivity contribution >= 4 is 23.2 Å². The molecule has 17 heavy (non-hydrogen) atoms. The molecular weight excluding hydrogens is 257 g/mol. The zero-order valence-electron chi connectivity index (χ0n) is 9.53. The summed E-state index contributed by atoms with van der Waals surface area (Å²) >= 11 is 12.0. The molecule has 0 bridgehead atoms. The number of halogens is 2. The lowest BCUT2D eigenvalue weighted by molar-refractivity contribution is 0.626. The van der Waals surface area contributed by atoms with Crippen molar-refractivity contribution in [1.82, 2.24) is 15.0 Å². The van der Waals surface area contributed by atoms with Crippen molar-refractivity contribution in [2.75, 3.05) is 0 Å². The van der Waals surface area contributed by atoms with Gasteiger partial charge in [-0.2, -0.15) is 0 Å². The van der Waals surface area contributed by atoms with Crippen molar-refractivity contribution in [1.29, 1.82) is 0 Å². The molecular formula is C12H13Cl2N3. The average molecular weight is 270 g/mol. The first-order valence-electron chi connectivity index (χ1n) is 5.52. The third-order valence-corrected chi connectivity index (χ3v) is 3.17. The smallest absolute Gasteiger partial charge is 0.0830 e.